The molecule has 0 aliphatic heterocycles. The van der Waals surface area contributed by atoms with Crippen molar-refractivity contribution in [2.45, 2.75) is 25.5 Å². The molecule has 0 bridgehead atoms. The van der Waals surface area contributed by atoms with Crippen molar-refractivity contribution in [2.75, 3.05) is 0 Å². The van der Waals surface area contributed by atoms with Crippen molar-refractivity contribution >= 4 is 10.8 Å². The Morgan fingerprint density at radius 1 is 0.824 bits per heavy atom. The van der Waals surface area contributed by atoms with E-state index in [0.29, 0.717) is 0 Å². The van der Waals surface area contributed by atoms with Crippen molar-refractivity contribution in [3.05, 3.63) is 63.0 Å². The van der Waals surface area contributed by atoms with Crippen LogP contribution in [-0.2, 0) is 27.9 Å². The maximum absolute atomic E-state index is 11.6. The Morgan fingerprint density at radius 2 is 1.18 bits per heavy atom. The van der Waals surface area contributed by atoms with Gasteiger partial charge in [0, 0.05) is 15.5 Å². The fraction of sp³-hybridized carbons (Fsp3) is 0.286. The predicted molar refractivity (Wildman–Crippen MR) is 69.8 cm³/mol. The Hall–Kier alpha value is 0.669. The molecule has 2 saturated carbocycles. The standard InChI is InChI=1S/C9H13OS.C5H5.Fe/c1-9(2,3)11(10)8-6-4-5-7-8;1-2-4-5-3-1;/h4-7H,1-3H3;1-5H;/q;;+2/t11-;;/m0../s1. The normalized spacial score (nSPS) is 22.5. The smallest absolute Gasteiger partial charge is 0.258 e. The van der Waals surface area contributed by atoms with Gasteiger partial charge in [-0.25, -0.2) is 0 Å². The molecule has 0 amide bonds. The van der Waals surface area contributed by atoms with Crippen LogP contribution in [0, 0.1) is 63.0 Å². The molecule has 0 aromatic rings. The summed E-state index contributed by atoms with van der Waals surface area (Å²) >= 11 is 0. The largest absolute Gasteiger partial charge is 2.00 e. The predicted octanol–water partition coefficient (Wildman–Crippen LogP) is 2.92. The topological polar surface area (TPSA) is 17.1 Å². The van der Waals surface area contributed by atoms with E-state index in [9.17, 15) is 4.21 Å². The number of hydrogen-bond acceptors (Lipinski definition) is 1. The number of hydrogen-bond donors (Lipinski definition) is 0. The van der Waals surface area contributed by atoms with Crippen LogP contribution in [0.2, 0.25) is 0 Å². The van der Waals surface area contributed by atoms with Crippen LogP contribution in [0.25, 0.3) is 0 Å². The Morgan fingerprint density at radius 3 is 1.47 bits per heavy atom. The van der Waals surface area contributed by atoms with Gasteiger partial charge in [-0.1, -0.05) is 0 Å². The van der Waals surface area contributed by atoms with Gasteiger partial charge in [-0.3, -0.25) is 4.21 Å². The molecule has 3 heteroatoms. The van der Waals surface area contributed by atoms with E-state index in [1.807, 2.05) is 78.6 Å². The summed E-state index contributed by atoms with van der Waals surface area (Å²) in [5.74, 6) is 0. The fourth-order valence-corrected chi connectivity index (χ4v) is 2.27. The van der Waals surface area contributed by atoms with Crippen molar-refractivity contribution in [2.24, 2.45) is 0 Å². The zero-order valence-electron chi connectivity index (χ0n) is 10.4. The minimum atomic E-state index is -0.870. The van der Waals surface area contributed by atoms with Crippen molar-refractivity contribution in [3.8, 4) is 0 Å². The van der Waals surface area contributed by atoms with Crippen LogP contribution in [0.4, 0.5) is 0 Å². The van der Waals surface area contributed by atoms with Gasteiger partial charge < -0.3 is 0 Å². The summed E-state index contributed by atoms with van der Waals surface area (Å²) in [6.07, 6.45) is 17.6. The maximum atomic E-state index is 11.6. The summed E-state index contributed by atoms with van der Waals surface area (Å²) in [4.78, 5) is 0. The SMILES string of the molecule is CC(C)(C)[S@@](=O)[C]1[CH][CH][CH][CH]1.[CH]1[CH][CH][CH][CH]1.[Fe+2]. The molecule has 0 heterocycles. The van der Waals surface area contributed by atoms with Gasteiger partial charge in [0.1, 0.15) is 0 Å². The van der Waals surface area contributed by atoms with E-state index in [0.717, 1.165) is 5.25 Å². The van der Waals surface area contributed by atoms with Crippen LogP contribution in [0.15, 0.2) is 0 Å². The second-order valence-corrected chi connectivity index (χ2v) is 6.70. The molecule has 2 fully saturated rings. The van der Waals surface area contributed by atoms with Crippen molar-refractivity contribution in [1.82, 2.24) is 0 Å². The summed E-state index contributed by atoms with van der Waals surface area (Å²) in [6.45, 7) is 5.95. The molecule has 10 radical (unpaired) electrons. The molecular weight excluding hydrogens is 272 g/mol. The van der Waals surface area contributed by atoms with Gasteiger partial charge >= 0.3 is 17.1 Å². The molecular formula is C14H18FeOS+2. The summed E-state index contributed by atoms with van der Waals surface area (Å²) in [7, 11) is -0.870. The van der Waals surface area contributed by atoms with E-state index in [-0.39, 0.29) is 21.8 Å². The first kappa shape index (κ1) is 17.7. The van der Waals surface area contributed by atoms with Gasteiger partial charge in [-0.05, 0) is 78.6 Å². The summed E-state index contributed by atoms with van der Waals surface area (Å²) in [6, 6.07) is 0. The molecule has 1 atom stereocenters. The Balaban J connectivity index is 0.000000360. The first-order valence-electron chi connectivity index (χ1n) is 5.32. The van der Waals surface area contributed by atoms with Crippen molar-refractivity contribution in [1.29, 1.82) is 0 Å². The molecule has 2 aliphatic carbocycles. The third-order valence-corrected chi connectivity index (χ3v) is 3.77. The molecule has 0 N–H and O–H groups in total. The first-order valence-corrected chi connectivity index (χ1v) is 6.47. The van der Waals surface area contributed by atoms with Gasteiger partial charge in [-0.15, -0.1) is 0 Å². The monoisotopic (exact) mass is 290 g/mol. The molecule has 0 spiro atoms. The molecule has 0 aromatic heterocycles. The molecule has 0 aromatic carbocycles. The van der Waals surface area contributed by atoms with Gasteiger partial charge in [0.15, 0.2) is 0 Å². The summed E-state index contributed by atoms with van der Waals surface area (Å²) in [5.41, 5.74) is 0. The quantitative estimate of drug-likeness (QED) is 0.679. The summed E-state index contributed by atoms with van der Waals surface area (Å²) in [5, 5.41) is 0.928. The third kappa shape index (κ3) is 6.98. The van der Waals surface area contributed by atoms with Gasteiger partial charge in [0.2, 0.25) is 0 Å². The van der Waals surface area contributed by atoms with Gasteiger partial charge in [0.05, 0.1) is 5.25 Å². The second kappa shape index (κ2) is 8.72. The van der Waals surface area contributed by atoms with Crippen molar-refractivity contribution in [3.63, 3.8) is 0 Å². The Bertz CT molecular complexity index is 205. The van der Waals surface area contributed by atoms with Gasteiger partial charge in [0.25, 0.3) is 0 Å². The Labute approximate surface area is 120 Å². The van der Waals surface area contributed by atoms with Crippen LogP contribution >= 0.6 is 0 Å². The minimum absolute atomic E-state index is 0. The zero-order valence-corrected chi connectivity index (χ0v) is 12.3. The molecule has 0 saturated heterocycles. The second-order valence-electron chi connectivity index (χ2n) is 4.46. The van der Waals surface area contributed by atoms with E-state index in [1.165, 1.54) is 0 Å². The maximum Gasteiger partial charge on any atom is 2.00 e. The molecule has 2 aliphatic rings. The van der Waals surface area contributed by atoms with Crippen LogP contribution in [0.3, 0.4) is 0 Å². The van der Waals surface area contributed by atoms with Gasteiger partial charge in [-0.2, -0.15) is 0 Å². The Kier molecular flexibility index (Phi) is 9.06. The number of rotatable bonds is 1. The average Bonchev–Trinajstić information content (AvgIpc) is 2.91. The molecule has 0 unspecified atom stereocenters. The van der Waals surface area contributed by atoms with E-state index < -0.39 is 10.8 Å². The van der Waals surface area contributed by atoms with Crippen LogP contribution in [0.1, 0.15) is 20.8 Å². The minimum Gasteiger partial charge on any atom is -0.258 e. The third-order valence-electron chi connectivity index (χ3n) is 1.96. The van der Waals surface area contributed by atoms with E-state index in [1.54, 1.807) is 0 Å². The molecule has 1 nitrogen and oxygen atoms in total. The zero-order chi connectivity index (χ0) is 12.0. The van der Waals surface area contributed by atoms with Crippen LogP contribution in [-0.4, -0.2) is 8.96 Å². The molecule has 17 heavy (non-hydrogen) atoms. The van der Waals surface area contributed by atoms with Crippen LogP contribution < -0.4 is 0 Å². The van der Waals surface area contributed by atoms with Crippen molar-refractivity contribution < 1.29 is 21.3 Å². The fourth-order valence-electron chi connectivity index (χ4n) is 1.15. The van der Waals surface area contributed by atoms with E-state index in [4.69, 9.17) is 0 Å². The molecule has 92 valence electrons. The van der Waals surface area contributed by atoms with E-state index >= 15 is 0 Å². The van der Waals surface area contributed by atoms with Crippen LogP contribution in [0.5, 0.6) is 0 Å². The summed E-state index contributed by atoms with van der Waals surface area (Å²) < 4.78 is 11.5. The van der Waals surface area contributed by atoms with E-state index in [2.05, 4.69) is 0 Å². The first-order chi connectivity index (χ1) is 7.52. The average molecular weight is 290 g/mol. The molecule has 2 rings (SSSR count).